The van der Waals surface area contributed by atoms with E-state index in [4.69, 9.17) is 9.47 Å². The summed E-state index contributed by atoms with van der Waals surface area (Å²) in [5.41, 5.74) is -7.52. The number of ether oxygens (including phenoxy) is 2. The first-order chi connectivity index (χ1) is 15.9. The van der Waals surface area contributed by atoms with Crippen LogP contribution in [0.2, 0.25) is 0 Å². The second kappa shape index (κ2) is 8.76. The van der Waals surface area contributed by atoms with E-state index in [9.17, 15) is 45.3 Å². The van der Waals surface area contributed by atoms with E-state index in [0.29, 0.717) is 0 Å². The van der Waals surface area contributed by atoms with Crippen molar-refractivity contribution in [3.05, 3.63) is 11.1 Å². The number of aliphatic hydroxyl groups excluding tert-OH is 5. The van der Waals surface area contributed by atoms with Gasteiger partial charge >= 0.3 is 11.9 Å². The quantitative estimate of drug-likeness (QED) is 0.175. The largest absolute Gasteiger partial charge is 0.463 e. The Labute approximate surface area is 204 Å². The van der Waals surface area contributed by atoms with Gasteiger partial charge in [-0.1, -0.05) is 6.92 Å². The maximum absolute atomic E-state index is 12.1. The van der Waals surface area contributed by atoms with Crippen molar-refractivity contribution in [3.63, 3.8) is 0 Å². The molecule has 0 aromatic heterocycles. The molecule has 0 heterocycles. The van der Waals surface area contributed by atoms with Crippen LogP contribution in [0.4, 0.5) is 0 Å². The third kappa shape index (κ3) is 3.83. The number of carbonyl (C=O) groups excluding carboxylic acids is 2. The van der Waals surface area contributed by atoms with Crippen molar-refractivity contribution in [2.75, 3.05) is 6.61 Å². The lowest BCUT2D eigenvalue weighted by Gasteiger charge is -2.59. The Bertz CT molecular complexity index is 910. The van der Waals surface area contributed by atoms with Crippen LogP contribution in [-0.4, -0.2) is 102 Å². The maximum Gasteiger partial charge on any atom is 0.303 e. The van der Waals surface area contributed by atoms with Gasteiger partial charge in [0.1, 0.15) is 24.4 Å². The molecule has 35 heavy (non-hydrogen) atoms. The van der Waals surface area contributed by atoms with Gasteiger partial charge in [-0.15, -0.1) is 0 Å². The van der Waals surface area contributed by atoms with Gasteiger partial charge in [0.2, 0.25) is 0 Å². The minimum atomic E-state index is -2.35. The highest BCUT2D eigenvalue weighted by molar-refractivity contribution is 5.67. The molecule has 200 valence electrons. The van der Waals surface area contributed by atoms with Gasteiger partial charge in [0.25, 0.3) is 0 Å². The fraction of sp³-hybridized carbons (Fsp3) is 0.833. The van der Waals surface area contributed by atoms with Crippen LogP contribution in [0.15, 0.2) is 11.1 Å². The molecule has 7 N–H and O–H groups in total. The lowest BCUT2D eigenvalue weighted by Crippen LogP contribution is -2.73. The van der Waals surface area contributed by atoms with Crippen LogP contribution >= 0.6 is 0 Å². The molecule has 0 spiro atoms. The highest BCUT2D eigenvalue weighted by Crippen LogP contribution is 2.64. The second-order valence-electron chi connectivity index (χ2n) is 11.1. The molecule has 0 amide bonds. The van der Waals surface area contributed by atoms with Crippen LogP contribution in [0.3, 0.4) is 0 Å². The Morgan fingerprint density at radius 2 is 1.63 bits per heavy atom. The third-order valence-electron chi connectivity index (χ3n) is 8.80. The molecule has 11 nitrogen and oxygen atoms in total. The molecule has 3 rings (SSSR count). The first-order valence-corrected chi connectivity index (χ1v) is 11.7. The average molecular weight is 503 g/mol. The third-order valence-corrected chi connectivity index (χ3v) is 8.80. The lowest BCUT2D eigenvalue weighted by atomic mass is 9.51. The molecule has 0 bridgehead atoms. The zero-order valence-electron chi connectivity index (χ0n) is 20.9. The van der Waals surface area contributed by atoms with Gasteiger partial charge in [-0.05, 0) is 38.3 Å². The summed E-state index contributed by atoms with van der Waals surface area (Å²) in [4.78, 5) is 23.6. The van der Waals surface area contributed by atoms with E-state index in [0.717, 1.165) is 13.8 Å². The van der Waals surface area contributed by atoms with Gasteiger partial charge in [-0.2, -0.15) is 0 Å². The summed E-state index contributed by atoms with van der Waals surface area (Å²) in [6.07, 6.45) is -10.1. The van der Waals surface area contributed by atoms with Crippen molar-refractivity contribution in [2.24, 2.45) is 16.7 Å². The number of aliphatic hydroxyl groups is 7. The zero-order valence-corrected chi connectivity index (χ0v) is 20.9. The summed E-state index contributed by atoms with van der Waals surface area (Å²) in [7, 11) is 0. The molecule has 3 aliphatic rings. The second-order valence-corrected chi connectivity index (χ2v) is 11.1. The van der Waals surface area contributed by atoms with Crippen LogP contribution in [0.5, 0.6) is 0 Å². The summed E-state index contributed by atoms with van der Waals surface area (Å²) in [5.74, 6) is -3.18. The van der Waals surface area contributed by atoms with E-state index in [1.807, 2.05) is 0 Å². The molecular weight excluding hydrogens is 464 g/mol. The van der Waals surface area contributed by atoms with Crippen molar-refractivity contribution >= 4 is 11.9 Å². The standard InChI is InChI=1S/C24H38O11/c1-10-13(27)8-23(21(4,5)32)16(10)17(29)19(30)22(6)14(28)7-15(35-12(3)26)24(33,9-34-11(2)25)18(22)20(23)31/h13-15,17-20,27-33H,7-9H2,1-6H3. The summed E-state index contributed by atoms with van der Waals surface area (Å²) in [6.45, 7) is 7.04. The highest BCUT2D eigenvalue weighted by atomic mass is 16.6. The summed E-state index contributed by atoms with van der Waals surface area (Å²) >= 11 is 0. The first kappa shape index (κ1) is 28.0. The van der Waals surface area contributed by atoms with E-state index in [-0.39, 0.29) is 17.6 Å². The molecule has 0 aromatic rings. The van der Waals surface area contributed by atoms with E-state index in [1.165, 1.54) is 27.7 Å². The highest BCUT2D eigenvalue weighted by Gasteiger charge is 2.74. The Balaban J connectivity index is 2.37. The van der Waals surface area contributed by atoms with Crippen molar-refractivity contribution in [3.8, 4) is 0 Å². The van der Waals surface area contributed by atoms with Gasteiger partial charge in [-0.25, -0.2) is 0 Å². The number of fused-ring (bicyclic) bond motifs is 2. The van der Waals surface area contributed by atoms with Gasteiger partial charge in [0.05, 0.1) is 35.4 Å². The Morgan fingerprint density at radius 3 is 2.11 bits per heavy atom. The summed E-state index contributed by atoms with van der Waals surface area (Å²) < 4.78 is 10.4. The molecule has 2 fully saturated rings. The number of esters is 2. The number of hydrogen-bond donors (Lipinski definition) is 7. The normalized spacial score (nSPS) is 45.9. The zero-order chi connectivity index (χ0) is 26.9. The molecule has 3 aliphatic carbocycles. The van der Waals surface area contributed by atoms with Gasteiger partial charge < -0.3 is 45.2 Å². The molecule has 0 radical (unpaired) electrons. The number of hydrogen-bond acceptors (Lipinski definition) is 11. The first-order valence-electron chi connectivity index (χ1n) is 11.7. The maximum atomic E-state index is 12.1. The molecule has 0 aromatic carbocycles. The Hall–Kier alpha value is -1.60. The number of carbonyl (C=O) groups is 2. The van der Waals surface area contributed by atoms with E-state index < -0.39 is 89.5 Å². The van der Waals surface area contributed by atoms with Crippen molar-refractivity contribution in [1.82, 2.24) is 0 Å². The fourth-order valence-corrected chi connectivity index (χ4v) is 6.95. The van der Waals surface area contributed by atoms with E-state index in [1.54, 1.807) is 0 Å². The lowest BCUT2D eigenvalue weighted by molar-refractivity contribution is -0.289. The topological polar surface area (TPSA) is 194 Å². The van der Waals surface area contributed by atoms with Crippen molar-refractivity contribution < 1.29 is 54.8 Å². The van der Waals surface area contributed by atoms with Crippen LogP contribution in [0.25, 0.3) is 0 Å². The molecule has 2 saturated carbocycles. The SMILES string of the molecule is CC(=O)OCC1(O)C(OC(C)=O)CC(O)C2(C)C(O)C(O)C3=C(C)C(O)CC3(C(C)(C)O)C(O)C12. The van der Waals surface area contributed by atoms with Crippen molar-refractivity contribution in [1.29, 1.82) is 0 Å². The van der Waals surface area contributed by atoms with Crippen LogP contribution in [0.1, 0.15) is 54.4 Å². The monoisotopic (exact) mass is 502 g/mol. The smallest absolute Gasteiger partial charge is 0.303 e. The minimum absolute atomic E-state index is 0.0131. The van der Waals surface area contributed by atoms with Crippen LogP contribution in [0, 0.1) is 16.7 Å². The predicted molar refractivity (Wildman–Crippen MR) is 119 cm³/mol. The van der Waals surface area contributed by atoms with Crippen LogP contribution in [-0.2, 0) is 19.1 Å². The molecular formula is C24H38O11. The summed E-state index contributed by atoms with van der Waals surface area (Å²) in [5, 5.41) is 80.3. The fourth-order valence-electron chi connectivity index (χ4n) is 6.95. The molecule has 0 aliphatic heterocycles. The van der Waals surface area contributed by atoms with E-state index in [2.05, 4.69) is 0 Å². The van der Waals surface area contributed by atoms with Gasteiger partial charge in [-0.3, -0.25) is 9.59 Å². The Morgan fingerprint density at radius 1 is 1.06 bits per heavy atom. The molecule has 0 saturated heterocycles. The molecule has 10 unspecified atom stereocenters. The molecule has 10 atom stereocenters. The summed E-state index contributed by atoms with van der Waals surface area (Å²) in [6, 6.07) is 0. The Kier molecular flexibility index (Phi) is 7.00. The van der Waals surface area contributed by atoms with E-state index >= 15 is 0 Å². The molecule has 11 heteroatoms. The number of rotatable bonds is 4. The van der Waals surface area contributed by atoms with Crippen LogP contribution < -0.4 is 0 Å². The van der Waals surface area contributed by atoms with Crippen molar-refractivity contribution in [2.45, 2.75) is 102 Å². The minimum Gasteiger partial charge on any atom is -0.463 e. The van der Waals surface area contributed by atoms with Gasteiger partial charge in [0.15, 0.2) is 0 Å². The average Bonchev–Trinajstić information content (AvgIpc) is 2.98. The van der Waals surface area contributed by atoms with Gasteiger partial charge in [0, 0.05) is 31.6 Å². The predicted octanol–water partition coefficient (Wildman–Crippen LogP) is -1.47.